The van der Waals surface area contributed by atoms with Crippen molar-refractivity contribution < 1.29 is 14.3 Å². The normalized spacial score (nSPS) is 20.3. The molecule has 0 N–H and O–H groups in total. The number of piperidine rings is 1. The van der Waals surface area contributed by atoms with Gasteiger partial charge in [-0.05, 0) is 35.4 Å². The van der Waals surface area contributed by atoms with Crippen molar-refractivity contribution in [3.05, 3.63) is 57.8 Å². The Labute approximate surface area is 152 Å². The summed E-state index contributed by atoms with van der Waals surface area (Å²) in [4.78, 5) is 16.3. The average molecular weight is 357 g/mol. The number of rotatable bonds is 3. The minimum atomic E-state index is -0.528. The zero-order chi connectivity index (χ0) is 17.3. The second-order valence-electron chi connectivity index (χ2n) is 6.70. The van der Waals surface area contributed by atoms with Crippen molar-refractivity contribution in [3.63, 3.8) is 0 Å². The SMILES string of the molecule is CO[C@H](C(=O)N1CCC2(CC1)OCCc1sccc12)c1ccccc1. The molecule has 1 aromatic carbocycles. The largest absolute Gasteiger partial charge is 0.370 e. The summed E-state index contributed by atoms with van der Waals surface area (Å²) in [5.74, 6) is 0.0462. The van der Waals surface area contributed by atoms with Crippen LogP contribution in [0.25, 0.3) is 0 Å². The van der Waals surface area contributed by atoms with Crippen LogP contribution in [0.2, 0.25) is 0 Å². The number of ether oxygens (including phenoxy) is 2. The summed E-state index contributed by atoms with van der Waals surface area (Å²) in [5.41, 5.74) is 2.06. The molecule has 1 aromatic heterocycles. The summed E-state index contributed by atoms with van der Waals surface area (Å²) in [6.07, 6.45) is 2.19. The first kappa shape index (κ1) is 16.8. The molecule has 0 bridgehead atoms. The topological polar surface area (TPSA) is 38.8 Å². The van der Waals surface area contributed by atoms with Gasteiger partial charge in [-0.2, -0.15) is 0 Å². The smallest absolute Gasteiger partial charge is 0.256 e. The van der Waals surface area contributed by atoms with Crippen molar-refractivity contribution in [1.29, 1.82) is 0 Å². The van der Waals surface area contributed by atoms with Crippen LogP contribution in [0.1, 0.15) is 34.9 Å². The Balaban J connectivity index is 1.48. The van der Waals surface area contributed by atoms with Gasteiger partial charge in [0.15, 0.2) is 6.10 Å². The number of nitrogens with zero attached hydrogens (tertiary/aromatic N) is 1. The molecular formula is C20H23NO3S. The van der Waals surface area contributed by atoms with E-state index in [1.165, 1.54) is 10.4 Å². The Hall–Kier alpha value is -1.69. The van der Waals surface area contributed by atoms with Gasteiger partial charge in [0.2, 0.25) is 0 Å². The molecular weight excluding hydrogens is 334 g/mol. The summed E-state index contributed by atoms with van der Waals surface area (Å²) in [5, 5.41) is 2.16. The lowest BCUT2D eigenvalue weighted by atomic mass is 9.82. The van der Waals surface area contributed by atoms with Crippen LogP contribution in [0.15, 0.2) is 41.8 Å². The van der Waals surface area contributed by atoms with Crippen LogP contribution >= 0.6 is 11.3 Å². The maximum Gasteiger partial charge on any atom is 0.256 e. The number of carbonyl (C=O) groups excluding carboxylic acids is 1. The molecule has 1 amide bonds. The lowest BCUT2D eigenvalue weighted by molar-refractivity contribution is -0.150. The molecule has 4 rings (SSSR count). The van der Waals surface area contributed by atoms with Gasteiger partial charge < -0.3 is 14.4 Å². The van der Waals surface area contributed by atoms with Gasteiger partial charge in [0.1, 0.15) is 0 Å². The average Bonchev–Trinajstić information content (AvgIpc) is 3.14. The predicted molar refractivity (Wildman–Crippen MR) is 97.7 cm³/mol. The van der Waals surface area contributed by atoms with Crippen LogP contribution in [0.5, 0.6) is 0 Å². The summed E-state index contributed by atoms with van der Waals surface area (Å²) >= 11 is 1.83. The highest BCUT2D eigenvalue weighted by atomic mass is 32.1. The van der Waals surface area contributed by atoms with E-state index >= 15 is 0 Å². The van der Waals surface area contributed by atoms with Gasteiger partial charge in [-0.15, -0.1) is 11.3 Å². The van der Waals surface area contributed by atoms with Gasteiger partial charge in [0.25, 0.3) is 5.91 Å². The molecule has 2 aliphatic heterocycles. The third kappa shape index (κ3) is 3.01. The molecule has 1 fully saturated rings. The zero-order valence-electron chi connectivity index (χ0n) is 14.4. The number of fused-ring (bicyclic) bond motifs is 2. The molecule has 3 heterocycles. The Morgan fingerprint density at radius 1 is 1.24 bits per heavy atom. The highest BCUT2D eigenvalue weighted by molar-refractivity contribution is 7.10. The maximum atomic E-state index is 13.0. The molecule has 5 heteroatoms. The summed E-state index contributed by atoms with van der Waals surface area (Å²) in [6, 6.07) is 11.9. The fraction of sp³-hybridized carbons (Fsp3) is 0.450. The molecule has 132 valence electrons. The quantitative estimate of drug-likeness (QED) is 0.844. The number of amides is 1. The van der Waals surface area contributed by atoms with E-state index in [0.29, 0.717) is 13.1 Å². The van der Waals surface area contributed by atoms with Gasteiger partial charge in [0.05, 0.1) is 12.2 Å². The van der Waals surface area contributed by atoms with Crippen molar-refractivity contribution in [1.82, 2.24) is 4.90 Å². The van der Waals surface area contributed by atoms with E-state index < -0.39 is 6.10 Å². The molecule has 2 aromatic rings. The number of likely N-dealkylation sites (tertiary alicyclic amines) is 1. The Bertz CT molecular complexity index is 734. The molecule has 0 saturated carbocycles. The number of hydrogen-bond acceptors (Lipinski definition) is 4. The fourth-order valence-corrected chi connectivity index (χ4v) is 4.98. The third-order valence-electron chi connectivity index (χ3n) is 5.39. The predicted octanol–water partition coefficient (Wildman–Crippen LogP) is 3.53. The molecule has 25 heavy (non-hydrogen) atoms. The molecule has 0 unspecified atom stereocenters. The highest BCUT2D eigenvalue weighted by Gasteiger charge is 2.43. The Morgan fingerprint density at radius 3 is 2.72 bits per heavy atom. The van der Waals surface area contributed by atoms with Gasteiger partial charge >= 0.3 is 0 Å². The lowest BCUT2D eigenvalue weighted by Crippen LogP contribution is -2.49. The van der Waals surface area contributed by atoms with Gasteiger partial charge in [-0.3, -0.25) is 4.79 Å². The van der Waals surface area contributed by atoms with Crippen LogP contribution in [0.4, 0.5) is 0 Å². The molecule has 4 nitrogen and oxygen atoms in total. The van der Waals surface area contributed by atoms with Crippen LogP contribution in [0, 0.1) is 0 Å². The van der Waals surface area contributed by atoms with Crippen molar-refractivity contribution in [2.24, 2.45) is 0 Å². The fourth-order valence-electron chi connectivity index (χ4n) is 4.03. The molecule has 1 saturated heterocycles. The second-order valence-corrected chi connectivity index (χ2v) is 7.70. The van der Waals surface area contributed by atoms with E-state index in [2.05, 4.69) is 11.4 Å². The van der Waals surface area contributed by atoms with E-state index in [9.17, 15) is 4.79 Å². The van der Waals surface area contributed by atoms with E-state index in [0.717, 1.165) is 31.4 Å². The highest BCUT2D eigenvalue weighted by Crippen LogP contribution is 2.43. The van der Waals surface area contributed by atoms with E-state index in [4.69, 9.17) is 9.47 Å². The van der Waals surface area contributed by atoms with Crippen LogP contribution < -0.4 is 0 Å². The van der Waals surface area contributed by atoms with Gasteiger partial charge in [0, 0.05) is 31.5 Å². The maximum absolute atomic E-state index is 13.0. The summed E-state index contributed by atoms with van der Waals surface area (Å²) in [6.45, 7) is 2.20. The number of hydrogen-bond donors (Lipinski definition) is 0. The number of thiophene rings is 1. The molecule has 2 aliphatic rings. The third-order valence-corrected chi connectivity index (χ3v) is 6.37. The molecule has 1 atom stereocenters. The van der Waals surface area contributed by atoms with Gasteiger partial charge in [-0.1, -0.05) is 30.3 Å². The first-order chi connectivity index (χ1) is 12.2. The van der Waals surface area contributed by atoms with E-state index in [1.54, 1.807) is 7.11 Å². The molecule has 0 aliphatic carbocycles. The number of carbonyl (C=O) groups is 1. The van der Waals surface area contributed by atoms with Crippen molar-refractivity contribution in [3.8, 4) is 0 Å². The molecule has 0 radical (unpaired) electrons. The standard InChI is InChI=1S/C20H23NO3S/c1-23-18(15-5-3-2-4-6-15)19(22)21-11-9-20(10-12-21)16-8-14-25-17(16)7-13-24-20/h2-6,8,14,18H,7,9-13H2,1H3/t18-/m0/s1. The van der Waals surface area contributed by atoms with E-state index in [-0.39, 0.29) is 11.5 Å². The number of benzene rings is 1. The van der Waals surface area contributed by atoms with Crippen LogP contribution in [0.3, 0.4) is 0 Å². The Kier molecular flexibility index (Phi) is 4.63. The van der Waals surface area contributed by atoms with E-state index in [1.807, 2.05) is 46.6 Å². The second kappa shape index (κ2) is 6.90. The van der Waals surface area contributed by atoms with Crippen molar-refractivity contribution in [2.75, 3.05) is 26.8 Å². The lowest BCUT2D eigenvalue weighted by Gasteiger charge is -2.44. The van der Waals surface area contributed by atoms with Gasteiger partial charge in [-0.25, -0.2) is 0 Å². The first-order valence-corrected chi connectivity index (χ1v) is 9.69. The number of methoxy groups -OCH3 is 1. The van der Waals surface area contributed by atoms with Crippen LogP contribution in [-0.4, -0.2) is 37.6 Å². The summed E-state index contributed by atoms with van der Waals surface area (Å²) in [7, 11) is 1.60. The van der Waals surface area contributed by atoms with Crippen molar-refractivity contribution in [2.45, 2.75) is 31.0 Å². The summed E-state index contributed by atoms with van der Waals surface area (Å²) < 4.78 is 11.7. The zero-order valence-corrected chi connectivity index (χ0v) is 15.3. The monoisotopic (exact) mass is 357 g/mol. The first-order valence-electron chi connectivity index (χ1n) is 8.81. The minimum Gasteiger partial charge on any atom is -0.370 e. The molecule has 1 spiro atoms. The Morgan fingerprint density at radius 2 is 2.00 bits per heavy atom. The minimum absolute atomic E-state index is 0.0462. The van der Waals surface area contributed by atoms with Crippen molar-refractivity contribution >= 4 is 17.2 Å². The van der Waals surface area contributed by atoms with Crippen LogP contribution in [-0.2, 0) is 26.3 Å².